The lowest BCUT2D eigenvalue weighted by Gasteiger charge is -2.25. The zero-order valence-electron chi connectivity index (χ0n) is 18.8. The molecule has 0 fully saturated rings. The molecule has 0 aromatic carbocycles. The van der Waals surface area contributed by atoms with E-state index in [1.807, 2.05) is 13.8 Å². The van der Waals surface area contributed by atoms with Gasteiger partial charge in [-0.3, -0.25) is 14.4 Å². The van der Waals surface area contributed by atoms with E-state index in [-0.39, 0.29) is 24.0 Å². The fourth-order valence-corrected chi connectivity index (χ4v) is 3.21. The molecular formula is C20H34N6O5S. The molecule has 0 saturated carbocycles. The van der Waals surface area contributed by atoms with E-state index in [0.717, 1.165) is 0 Å². The van der Waals surface area contributed by atoms with Gasteiger partial charge in [0.1, 0.15) is 18.1 Å². The Bertz CT molecular complexity index is 771. The number of H-pyrrole nitrogens is 1. The predicted molar refractivity (Wildman–Crippen MR) is 122 cm³/mol. The molecule has 1 heterocycles. The van der Waals surface area contributed by atoms with Crippen LogP contribution in [0.5, 0.6) is 0 Å². The van der Waals surface area contributed by atoms with Crippen LogP contribution in [0.25, 0.3) is 0 Å². The maximum atomic E-state index is 12.9. The molecule has 32 heavy (non-hydrogen) atoms. The fraction of sp³-hybridized carbons (Fsp3) is 0.650. The normalized spacial score (nSPS) is 15.0. The average Bonchev–Trinajstić information content (AvgIpc) is 3.21. The van der Waals surface area contributed by atoms with Gasteiger partial charge >= 0.3 is 5.97 Å². The summed E-state index contributed by atoms with van der Waals surface area (Å²) in [5.74, 6) is -3.22. The highest BCUT2D eigenvalue weighted by Gasteiger charge is 2.31. The summed E-state index contributed by atoms with van der Waals surface area (Å²) in [6.07, 6.45) is 3.50. The van der Waals surface area contributed by atoms with Crippen molar-refractivity contribution >= 4 is 36.3 Å². The minimum Gasteiger partial charge on any atom is -0.480 e. The molecule has 180 valence electrons. The van der Waals surface area contributed by atoms with Gasteiger partial charge in [-0.1, -0.05) is 27.7 Å². The quantitative estimate of drug-likeness (QED) is 0.189. The number of rotatable bonds is 13. The van der Waals surface area contributed by atoms with E-state index >= 15 is 0 Å². The molecule has 0 radical (unpaired) electrons. The summed E-state index contributed by atoms with van der Waals surface area (Å²) in [6.45, 7) is 7.17. The number of aliphatic carboxylic acids is 1. The van der Waals surface area contributed by atoms with Crippen LogP contribution in [-0.2, 0) is 25.6 Å². The van der Waals surface area contributed by atoms with Gasteiger partial charge < -0.3 is 31.8 Å². The van der Waals surface area contributed by atoms with Gasteiger partial charge in [0.15, 0.2) is 0 Å². The maximum Gasteiger partial charge on any atom is 0.326 e. The number of amides is 3. The average molecular weight is 471 g/mol. The van der Waals surface area contributed by atoms with Gasteiger partial charge in [-0.25, -0.2) is 9.78 Å². The van der Waals surface area contributed by atoms with E-state index in [4.69, 9.17) is 5.73 Å². The highest BCUT2D eigenvalue weighted by Crippen LogP contribution is 2.06. The molecule has 0 saturated heterocycles. The van der Waals surface area contributed by atoms with Crippen LogP contribution in [0.4, 0.5) is 0 Å². The second-order valence-corrected chi connectivity index (χ2v) is 8.76. The van der Waals surface area contributed by atoms with E-state index in [9.17, 15) is 24.3 Å². The van der Waals surface area contributed by atoms with Crippen molar-refractivity contribution in [1.82, 2.24) is 25.9 Å². The molecule has 0 bridgehead atoms. The number of hydrogen-bond donors (Lipinski definition) is 7. The summed E-state index contributed by atoms with van der Waals surface area (Å²) in [7, 11) is 0. The first kappa shape index (κ1) is 27.4. The molecule has 1 aromatic heterocycles. The number of thiol groups is 1. The third kappa shape index (κ3) is 8.87. The summed E-state index contributed by atoms with van der Waals surface area (Å²) in [4.78, 5) is 56.1. The van der Waals surface area contributed by atoms with E-state index in [0.29, 0.717) is 12.1 Å². The number of nitrogens with zero attached hydrogens (tertiary/aromatic N) is 1. The van der Waals surface area contributed by atoms with Crippen LogP contribution in [0.2, 0.25) is 0 Å². The first-order valence-corrected chi connectivity index (χ1v) is 11.1. The minimum atomic E-state index is -1.18. The van der Waals surface area contributed by atoms with Crippen molar-refractivity contribution in [3.05, 3.63) is 18.2 Å². The Hall–Kier alpha value is -2.60. The van der Waals surface area contributed by atoms with Crippen LogP contribution in [0.3, 0.4) is 0 Å². The van der Waals surface area contributed by atoms with Crippen LogP contribution < -0.4 is 21.7 Å². The van der Waals surface area contributed by atoms with Gasteiger partial charge in [-0.15, -0.1) is 0 Å². The zero-order valence-corrected chi connectivity index (χ0v) is 19.7. The van der Waals surface area contributed by atoms with Crippen molar-refractivity contribution in [3.63, 3.8) is 0 Å². The number of imidazole rings is 1. The third-order valence-corrected chi connectivity index (χ3v) is 5.09. The van der Waals surface area contributed by atoms with E-state index < -0.39 is 47.9 Å². The Balaban J connectivity index is 2.93. The van der Waals surface area contributed by atoms with Crippen LogP contribution in [0.1, 0.15) is 39.8 Å². The predicted octanol–water partition coefficient (Wildman–Crippen LogP) is -0.550. The molecule has 0 aliphatic heterocycles. The number of nitrogens with one attached hydrogen (secondary N) is 4. The van der Waals surface area contributed by atoms with Crippen molar-refractivity contribution in [2.45, 2.75) is 64.7 Å². The number of aromatic nitrogens is 2. The number of hydrogen-bond acceptors (Lipinski definition) is 7. The number of carboxylic acids is 1. The topological polar surface area (TPSA) is 179 Å². The molecule has 0 aliphatic carbocycles. The molecular weight excluding hydrogens is 436 g/mol. The monoisotopic (exact) mass is 470 g/mol. The molecule has 4 atom stereocenters. The largest absolute Gasteiger partial charge is 0.480 e. The fourth-order valence-electron chi connectivity index (χ4n) is 2.95. The smallest absolute Gasteiger partial charge is 0.326 e. The lowest BCUT2D eigenvalue weighted by Crippen LogP contribution is -2.58. The standard InChI is InChI=1S/C20H34N6O5S/c1-10(2)5-13(21)17(27)24-14(6-12-7-22-9-23-12)18(28)25-15(8-32)19(29)26-16(11(3)4)20(30)31/h7,9-11,13-16,32H,5-6,8,21H2,1-4H3,(H,22,23)(H,24,27)(H,25,28)(H,26,29)(H,30,31). The Kier molecular flexibility index (Phi) is 11.2. The SMILES string of the molecule is CC(C)CC(N)C(=O)NC(Cc1cnc[nH]1)C(=O)NC(CS)C(=O)NC(C(=O)O)C(C)C. The molecule has 1 aromatic rings. The minimum absolute atomic E-state index is 0.0698. The summed E-state index contributed by atoms with van der Waals surface area (Å²) in [6, 6.07) is -4.04. The summed E-state index contributed by atoms with van der Waals surface area (Å²) in [5.41, 5.74) is 6.53. The van der Waals surface area contributed by atoms with Gasteiger partial charge in [0.2, 0.25) is 17.7 Å². The number of aromatic amines is 1. The lowest BCUT2D eigenvalue weighted by atomic mass is 10.0. The van der Waals surface area contributed by atoms with Crippen molar-refractivity contribution < 1.29 is 24.3 Å². The Morgan fingerprint density at radius 1 is 1.06 bits per heavy atom. The molecule has 12 heteroatoms. The molecule has 0 spiro atoms. The van der Waals surface area contributed by atoms with Crippen molar-refractivity contribution in [3.8, 4) is 0 Å². The van der Waals surface area contributed by atoms with Gasteiger partial charge in [0.05, 0.1) is 12.4 Å². The van der Waals surface area contributed by atoms with Crippen LogP contribution in [-0.4, -0.2) is 68.7 Å². The third-order valence-electron chi connectivity index (χ3n) is 4.72. The van der Waals surface area contributed by atoms with Crippen molar-refractivity contribution in [1.29, 1.82) is 0 Å². The Labute approximate surface area is 193 Å². The maximum absolute atomic E-state index is 12.9. The van der Waals surface area contributed by atoms with Gasteiger partial charge in [-0.05, 0) is 18.3 Å². The molecule has 7 N–H and O–H groups in total. The van der Waals surface area contributed by atoms with Crippen LogP contribution in [0.15, 0.2) is 12.5 Å². The van der Waals surface area contributed by atoms with Gasteiger partial charge in [0, 0.05) is 24.1 Å². The van der Waals surface area contributed by atoms with Crippen molar-refractivity contribution in [2.75, 3.05) is 5.75 Å². The van der Waals surface area contributed by atoms with Gasteiger partial charge in [-0.2, -0.15) is 12.6 Å². The Morgan fingerprint density at radius 2 is 1.66 bits per heavy atom. The summed E-state index contributed by atoms with van der Waals surface area (Å²) in [5, 5.41) is 16.9. The lowest BCUT2D eigenvalue weighted by molar-refractivity contribution is -0.143. The summed E-state index contributed by atoms with van der Waals surface area (Å²) >= 11 is 4.11. The number of carboxylic acid groups (broad SMARTS) is 1. The van der Waals surface area contributed by atoms with Gasteiger partial charge in [0.25, 0.3) is 0 Å². The van der Waals surface area contributed by atoms with E-state index in [2.05, 4.69) is 38.5 Å². The first-order chi connectivity index (χ1) is 15.0. The highest BCUT2D eigenvalue weighted by atomic mass is 32.1. The molecule has 11 nitrogen and oxygen atoms in total. The molecule has 0 aliphatic rings. The Morgan fingerprint density at radius 3 is 2.12 bits per heavy atom. The second kappa shape index (κ2) is 13.1. The number of nitrogens with two attached hydrogens (primary N) is 1. The first-order valence-electron chi connectivity index (χ1n) is 10.4. The van der Waals surface area contributed by atoms with Crippen molar-refractivity contribution in [2.24, 2.45) is 17.6 Å². The number of carbonyl (C=O) groups is 4. The summed E-state index contributed by atoms with van der Waals surface area (Å²) < 4.78 is 0. The van der Waals surface area contributed by atoms with Crippen LogP contribution in [0, 0.1) is 11.8 Å². The second-order valence-electron chi connectivity index (χ2n) is 8.39. The molecule has 1 rings (SSSR count). The number of carbonyl (C=O) groups excluding carboxylic acids is 3. The molecule has 3 amide bonds. The van der Waals surface area contributed by atoms with E-state index in [1.54, 1.807) is 13.8 Å². The van der Waals surface area contributed by atoms with Crippen LogP contribution >= 0.6 is 12.6 Å². The highest BCUT2D eigenvalue weighted by molar-refractivity contribution is 7.80. The van der Waals surface area contributed by atoms with E-state index in [1.165, 1.54) is 12.5 Å². The zero-order chi connectivity index (χ0) is 24.4. The molecule has 4 unspecified atom stereocenters.